The molecule has 104 valence electrons. The first-order valence-electron chi connectivity index (χ1n) is 6.81. The molecule has 1 aliphatic rings. The Morgan fingerprint density at radius 3 is 2.80 bits per heavy atom. The number of aromatic nitrogens is 1. The van der Waals surface area contributed by atoms with E-state index < -0.39 is 11.9 Å². The standard InChI is InChI=1S/C16H17NO3/c1-9-7-10(2)14-13(8-9)17-15(20-14)11-5-3-4-6-12(11)16(18)19/h3-4,7-8,11-12H,5-6H2,1-2H3,(H,18,19)/t11-,12+/m1/s1. The molecule has 0 amide bonds. The molecule has 1 heterocycles. The van der Waals surface area contributed by atoms with Crippen LogP contribution in [0.2, 0.25) is 0 Å². The Bertz CT molecular complexity index is 699. The molecule has 4 heteroatoms. The van der Waals surface area contributed by atoms with E-state index in [9.17, 15) is 9.90 Å². The second-order valence-corrected chi connectivity index (χ2v) is 5.48. The third kappa shape index (κ3) is 2.11. The molecular weight excluding hydrogens is 254 g/mol. The molecule has 3 rings (SSSR count). The first kappa shape index (κ1) is 12.9. The number of carbonyl (C=O) groups is 1. The minimum absolute atomic E-state index is 0.176. The van der Waals surface area contributed by atoms with Gasteiger partial charge in [-0.25, -0.2) is 4.98 Å². The number of fused-ring (bicyclic) bond motifs is 1. The van der Waals surface area contributed by atoms with E-state index >= 15 is 0 Å². The van der Waals surface area contributed by atoms with E-state index in [1.54, 1.807) is 0 Å². The van der Waals surface area contributed by atoms with Gasteiger partial charge in [0.25, 0.3) is 0 Å². The summed E-state index contributed by atoms with van der Waals surface area (Å²) in [6.45, 7) is 4.00. The molecule has 1 aromatic heterocycles. The molecule has 0 unspecified atom stereocenters. The van der Waals surface area contributed by atoms with Crippen LogP contribution in [0.25, 0.3) is 11.1 Å². The summed E-state index contributed by atoms with van der Waals surface area (Å²) < 4.78 is 5.87. The largest absolute Gasteiger partial charge is 0.481 e. The lowest BCUT2D eigenvalue weighted by Crippen LogP contribution is -2.23. The van der Waals surface area contributed by atoms with Crippen LogP contribution in [-0.2, 0) is 4.79 Å². The number of carboxylic acids is 1. The van der Waals surface area contributed by atoms with Crippen LogP contribution in [0.1, 0.15) is 35.8 Å². The van der Waals surface area contributed by atoms with Gasteiger partial charge in [-0.15, -0.1) is 0 Å². The van der Waals surface area contributed by atoms with Crippen molar-refractivity contribution in [2.45, 2.75) is 32.6 Å². The molecule has 2 aromatic rings. The van der Waals surface area contributed by atoms with Gasteiger partial charge in [-0.05, 0) is 43.9 Å². The molecule has 0 saturated carbocycles. The fraction of sp³-hybridized carbons (Fsp3) is 0.375. The number of nitrogens with zero attached hydrogens (tertiary/aromatic N) is 1. The summed E-state index contributed by atoms with van der Waals surface area (Å²) in [5.41, 5.74) is 3.76. The molecule has 0 aliphatic heterocycles. The van der Waals surface area contributed by atoms with E-state index in [2.05, 4.69) is 4.98 Å². The quantitative estimate of drug-likeness (QED) is 0.848. The predicted molar refractivity (Wildman–Crippen MR) is 75.7 cm³/mol. The van der Waals surface area contributed by atoms with Crippen molar-refractivity contribution in [3.8, 4) is 0 Å². The van der Waals surface area contributed by atoms with Gasteiger partial charge in [0.2, 0.25) is 0 Å². The molecule has 0 bridgehead atoms. The molecule has 1 aromatic carbocycles. The van der Waals surface area contributed by atoms with Crippen LogP contribution >= 0.6 is 0 Å². The number of oxazole rings is 1. The fourth-order valence-electron chi connectivity index (χ4n) is 2.91. The van der Waals surface area contributed by atoms with Crippen LogP contribution in [0.4, 0.5) is 0 Å². The third-order valence-corrected chi connectivity index (χ3v) is 3.90. The highest BCUT2D eigenvalue weighted by Gasteiger charge is 2.33. The number of rotatable bonds is 2. The lowest BCUT2D eigenvalue weighted by atomic mass is 9.83. The Kier molecular flexibility index (Phi) is 3.08. The first-order chi connectivity index (χ1) is 9.56. The lowest BCUT2D eigenvalue weighted by Gasteiger charge is -2.21. The summed E-state index contributed by atoms with van der Waals surface area (Å²) in [6, 6.07) is 4.02. The van der Waals surface area contributed by atoms with E-state index in [0.29, 0.717) is 18.7 Å². The second-order valence-electron chi connectivity index (χ2n) is 5.48. The van der Waals surface area contributed by atoms with Crippen LogP contribution < -0.4 is 0 Å². The average Bonchev–Trinajstić information content (AvgIpc) is 2.82. The summed E-state index contributed by atoms with van der Waals surface area (Å²) in [5, 5.41) is 9.34. The number of allylic oxidation sites excluding steroid dienone is 2. The third-order valence-electron chi connectivity index (χ3n) is 3.90. The Balaban J connectivity index is 2.07. The Morgan fingerprint density at radius 1 is 1.30 bits per heavy atom. The summed E-state index contributed by atoms with van der Waals surface area (Å²) >= 11 is 0. The monoisotopic (exact) mass is 271 g/mol. The predicted octanol–water partition coefficient (Wildman–Crippen LogP) is 3.58. The van der Waals surface area contributed by atoms with Crippen molar-refractivity contribution < 1.29 is 14.3 Å². The van der Waals surface area contributed by atoms with Gasteiger partial charge in [-0.1, -0.05) is 18.2 Å². The summed E-state index contributed by atoms with van der Waals surface area (Å²) in [7, 11) is 0. The number of carboxylic acid groups (broad SMARTS) is 1. The smallest absolute Gasteiger partial charge is 0.307 e. The fourth-order valence-corrected chi connectivity index (χ4v) is 2.91. The zero-order valence-electron chi connectivity index (χ0n) is 11.6. The molecule has 20 heavy (non-hydrogen) atoms. The minimum Gasteiger partial charge on any atom is -0.481 e. The zero-order chi connectivity index (χ0) is 14.3. The molecular formula is C16H17NO3. The maximum absolute atomic E-state index is 11.4. The van der Waals surface area contributed by atoms with Gasteiger partial charge in [-0.2, -0.15) is 0 Å². The van der Waals surface area contributed by atoms with Gasteiger partial charge in [0.05, 0.1) is 11.8 Å². The number of hydrogen-bond acceptors (Lipinski definition) is 3. The second kappa shape index (κ2) is 4.78. The van der Waals surface area contributed by atoms with E-state index in [0.717, 1.165) is 22.2 Å². The van der Waals surface area contributed by atoms with Gasteiger partial charge in [0.1, 0.15) is 5.52 Å². The molecule has 4 nitrogen and oxygen atoms in total. The number of benzene rings is 1. The van der Waals surface area contributed by atoms with E-state index in [-0.39, 0.29) is 5.92 Å². The van der Waals surface area contributed by atoms with Crippen molar-refractivity contribution in [1.29, 1.82) is 0 Å². The Hall–Kier alpha value is -2.10. The van der Waals surface area contributed by atoms with Crippen LogP contribution in [0.3, 0.4) is 0 Å². The van der Waals surface area contributed by atoms with Crippen LogP contribution in [0, 0.1) is 19.8 Å². The highest BCUT2D eigenvalue weighted by atomic mass is 16.4. The van der Waals surface area contributed by atoms with Gasteiger partial charge >= 0.3 is 5.97 Å². The van der Waals surface area contributed by atoms with E-state index in [1.165, 1.54) is 0 Å². The van der Waals surface area contributed by atoms with Gasteiger partial charge in [-0.3, -0.25) is 4.79 Å². The van der Waals surface area contributed by atoms with Crippen molar-refractivity contribution in [2.75, 3.05) is 0 Å². The molecule has 0 radical (unpaired) electrons. The molecule has 2 atom stereocenters. The van der Waals surface area contributed by atoms with Crippen molar-refractivity contribution >= 4 is 17.1 Å². The van der Waals surface area contributed by atoms with Crippen molar-refractivity contribution in [1.82, 2.24) is 4.98 Å². The number of aryl methyl sites for hydroxylation is 2. The highest BCUT2D eigenvalue weighted by Crippen LogP contribution is 2.36. The van der Waals surface area contributed by atoms with Gasteiger partial charge in [0.15, 0.2) is 11.5 Å². The first-order valence-corrected chi connectivity index (χ1v) is 6.81. The van der Waals surface area contributed by atoms with Crippen molar-refractivity contribution in [3.63, 3.8) is 0 Å². The van der Waals surface area contributed by atoms with Crippen LogP contribution in [0.5, 0.6) is 0 Å². The maximum atomic E-state index is 11.4. The topological polar surface area (TPSA) is 63.3 Å². The van der Waals surface area contributed by atoms with E-state index in [1.807, 2.05) is 38.1 Å². The molecule has 0 saturated heterocycles. The molecule has 0 fully saturated rings. The average molecular weight is 271 g/mol. The van der Waals surface area contributed by atoms with E-state index in [4.69, 9.17) is 4.42 Å². The molecule has 0 spiro atoms. The van der Waals surface area contributed by atoms with Crippen LogP contribution in [-0.4, -0.2) is 16.1 Å². The summed E-state index contributed by atoms with van der Waals surface area (Å²) in [5.74, 6) is -0.862. The molecule has 1 N–H and O–H groups in total. The Morgan fingerprint density at radius 2 is 2.05 bits per heavy atom. The minimum atomic E-state index is -0.783. The van der Waals surface area contributed by atoms with Crippen molar-refractivity contribution in [3.05, 3.63) is 41.3 Å². The highest BCUT2D eigenvalue weighted by molar-refractivity contribution is 5.77. The summed E-state index contributed by atoms with van der Waals surface area (Å²) in [4.78, 5) is 15.9. The zero-order valence-corrected chi connectivity index (χ0v) is 11.6. The van der Waals surface area contributed by atoms with Crippen molar-refractivity contribution in [2.24, 2.45) is 5.92 Å². The maximum Gasteiger partial charge on any atom is 0.307 e. The molecule has 1 aliphatic carbocycles. The Labute approximate surface area is 117 Å². The number of aliphatic carboxylic acids is 1. The van der Waals surface area contributed by atoms with Crippen LogP contribution in [0.15, 0.2) is 28.7 Å². The van der Waals surface area contributed by atoms with Gasteiger partial charge < -0.3 is 9.52 Å². The number of hydrogen-bond donors (Lipinski definition) is 1. The SMILES string of the molecule is Cc1cc(C)c2oc([C@@H]3CC=CC[C@@H]3C(=O)O)nc2c1. The van der Waals surface area contributed by atoms with Gasteiger partial charge in [0, 0.05) is 0 Å². The normalized spacial score (nSPS) is 22.3. The summed E-state index contributed by atoms with van der Waals surface area (Å²) in [6.07, 6.45) is 5.14. The lowest BCUT2D eigenvalue weighted by molar-refractivity contribution is -0.142.